The molecule has 0 radical (unpaired) electrons. The van der Waals surface area contributed by atoms with E-state index in [1.807, 2.05) is 19.9 Å². The fourth-order valence-corrected chi connectivity index (χ4v) is 2.66. The second-order valence-electron chi connectivity index (χ2n) is 5.63. The van der Waals surface area contributed by atoms with Gasteiger partial charge in [-0.05, 0) is 44.5 Å². The summed E-state index contributed by atoms with van der Waals surface area (Å²) >= 11 is 0. The Morgan fingerprint density at radius 3 is 2.63 bits per heavy atom. The predicted octanol–water partition coefficient (Wildman–Crippen LogP) is 3.01. The summed E-state index contributed by atoms with van der Waals surface area (Å²) in [6.07, 6.45) is 3.79. The first kappa shape index (κ1) is 14.1. The molecule has 1 aromatic rings. The molecule has 0 bridgehead atoms. The van der Waals surface area contributed by atoms with Gasteiger partial charge in [0.2, 0.25) is 0 Å². The number of piperidine rings is 1. The van der Waals surface area contributed by atoms with Crippen molar-refractivity contribution in [2.24, 2.45) is 5.92 Å². The van der Waals surface area contributed by atoms with E-state index in [4.69, 9.17) is 0 Å². The predicted molar refractivity (Wildman–Crippen MR) is 76.6 cm³/mol. The number of aryl methyl sites for hydroxylation is 1. The summed E-state index contributed by atoms with van der Waals surface area (Å²) in [7, 11) is 0. The molecular formula is C16H23NO2. The number of carbonyl (C=O) groups is 1. The van der Waals surface area contributed by atoms with E-state index in [-0.39, 0.29) is 17.5 Å². The monoisotopic (exact) mass is 261 g/mol. The van der Waals surface area contributed by atoms with Gasteiger partial charge in [-0.2, -0.15) is 0 Å². The average molecular weight is 261 g/mol. The van der Waals surface area contributed by atoms with Crippen molar-refractivity contribution in [1.29, 1.82) is 0 Å². The van der Waals surface area contributed by atoms with E-state index in [0.717, 1.165) is 25.2 Å². The summed E-state index contributed by atoms with van der Waals surface area (Å²) in [4.78, 5) is 14.7. The first-order valence-corrected chi connectivity index (χ1v) is 7.14. The van der Waals surface area contributed by atoms with Crippen LogP contribution in [0.1, 0.15) is 42.1 Å². The first-order chi connectivity index (χ1) is 9.08. The van der Waals surface area contributed by atoms with E-state index in [0.29, 0.717) is 5.56 Å². The number of Topliss-reactive ketones (excluding diaryl/α,β-unsaturated/α-hetero) is 1. The third-order valence-corrected chi connectivity index (χ3v) is 3.92. The highest BCUT2D eigenvalue weighted by atomic mass is 16.3. The van der Waals surface area contributed by atoms with E-state index < -0.39 is 0 Å². The van der Waals surface area contributed by atoms with Crippen LogP contribution in [-0.2, 0) is 0 Å². The highest BCUT2D eigenvalue weighted by molar-refractivity contribution is 5.98. The van der Waals surface area contributed by atoms with Crippen molar-refractivity contribution < 1.29 is 9.90 Å². The molecule has 0 unspecified atom stereocenters. The fraction of sp³-hybridized carbons (Fsp3) is 0.562. The van der Waals surface area contributed by atoms with Gasteiger partial charge in [0.05, 0.1) is 0 Å². The number of hydrogen-bond donors (Lipinski definition) is 1. The van der Waals surface area contributed by atoms with E-state index in [1.165, 1.54) is 19.3 Å². The van der Waals surface area contributed by atoms with Crippen LogP contribution in [-0.4, -0.2) is 35.4 Å². The maximum absolute atomic E-state index is 12.3. The molecule has 104 valence electrons. The number of phenols is 1. The Labute approximate surface area is 115 Å². The van der Waals surface area contributed by atoms with Crippen molar-refractivity contribution >= 4 is 5.78 Å². The molecule has 0 amide bonds. The van der Waals surface area contributed by atoms with Gasteiger partial charge >= 0.3 is 0 Å². The summed E-state index contributed by atoms with van der Waals surface area (Å²) in [5.74, 6) is 0.317. The van der Waals surface area contributed by atoms with Gasteiger partial charge in [0.1, 0.15) is 5.75 Å². The molecule has 2 rings (SSSR count). The Hall–Kier alpha value is -1.35. The van der Waals surface area contributed by atoms with Crippen molar-refractivity contribution in [3.8, 4) is 5.75 Å². The minimum Gasteiger partial charge on any atom is -0.508 e. The van der Waals surface area contributed by atoms with E-state index >= 15 is 0 Å². The number of hydrogen-bond acceptors (Lipinski definition) is 3. The van der Waals surface area contributed by atoms with Gasteiger partial charge in [0.25, 0.3) is 0 Å². The quantitative estimate of drug-likeness (QED) is 0.847. The smallest absolute Gasteiger partial charge is 0.167 e. The number of nitrogens with zero attached hydrogens (tertiary/aromatic N) is 1. The fourth-order valence-electron chi connectivity index (χ4n) is 2.66. The molecule has 1 aromatic carbocycles. The molecular weight excluding hydrogens is 238 g/mol. The molecule has 0 saturated carbocycles. The van der Waals surface area contributed by atoms with Crippen LogP contribution in [0.5, 0.6) is 5.75 Å². The summed E-state index contributed by atoms with van der Waals surface area (Å²) in [5, 5.41) is 9.69. The summed E-state index contributed by atoms with van der Waals surface area (Å²) in [6, 6.07) is 5.20. The van der Waals surface area contributed by atoms with Crippen LogP contribution in [0.4, 0.5) is 0 Å². The van der Waals surface area contributed by atoms with Gasteiger partial charge in [-0.15, -0.1) is 0 Å². The zero-order valence-corrected chi connectivity index (χ0v) is 11.9. The zero-order chi connectivity index (χ0) is 13.8. The van der Waals surface area contributed by atoms with Crippen molar-refractivity contribution in [1.82, 2.24) is 4.90 Å². The Bertz CT molecular complexity index is 450. The van der Waals surface area contributed by atoms with Crippen molar-refractivity contribution in [3.63, 3.8) is 0 Å². The van der Waals surface area contributed by atoms with E-state index in [1.54, 1.807) is 12.1 Å². The molecule has 1 heterocycles. The minimum absolute atomic E-state index is 0.0137. The molecule has 1 aliphatic heterocycles. The van der Waals surface area contributed by atoms with Gasteiger partial charge in [-0.25, -0.2) is 0 Å². The lowest BCUT2D eigenvalue weighted by Crippen LogP contribution is -2.35. The van der Waals surface area contributed by atoms with Gasteiger partial charge < -0.3 is 10.0 Å². The summed E-state index contributed by atoms with van der Waals surface area (Å²) in [6.45, 7) is 6.86. The molecule has 1 atom stereocenters. The van der Waals surface area contributed by atoms with Gasteiger partial charge in [-0.3, -0.25) is 4.79 Å². The number of likely N-dealkylation sites (tertiary alicyclic amines) is 1. The molecule has 1 aliphatic rings. The topological polar surface area (TPSA) is 40.5 Å². The van der Waals surface area contributed by atoms with E-state index in [2.05, 4.69) is 4.90 Å². The molecule has 1 saturated heterocycles. The van der Waals surface area contributed by atoms with Crippen LogP contribution in [0.3, 0.4) is 0 Å². The molecule has 0 aromatic heterocycles. The lowest BCUT2D eigenvalue weighted by molar-refractivity contribution is 0.0883. The Balaban J connectivity index is 1.99. The largest absolute Gasteiger partial charge is 0.508 e. The number of ketones is 1. The maximum Gasteiger partial charge on any atom is 0.167 e. The standard InChI is InChI=1S/C16H23NO2/c1-12-6-7-14(10-15(12)18)16(19)13(2)11-17-8-4-3-5-9-17/h6-7,10,13,18H,3-5,8-9,11H2,1-2H3/t13-/m0/s1. The molecule has 3 heteroatoms. The third kappa shape index (κ3) is 3.57. The normalized spacial score (nSPS) is 18.2. The maximum atomic E-state index is 12.3. The van der Waals surface area contributed by atoms with Crippen molar-refractivity contribution in [3.05, 3.63) is 29.3 Å². The van der Waals surface area contributed by atoms with Crippen LogP contribution in [0.2, 0.25) is 0 Å². The van der Waals surface area contributed by atoms with Crippen LogP contribution in [0, 0.1) is 12.8 Å². The highest BCUT2D eigenvalue weighted by Gasteiger charge is 2.20. The van der Waals surface area contributed by atoms with Gasteiger partial charge in [0, 0.05) is 18.0 Å². The number of phenolic OH excluding ortho intramolecular Hbond substituents is 1. The lowest BCUT2D eigenvalue weighted by atomic mass is 9.97. The van der Waals surface area contributed by atoms with Crippen molar-refractivity contribution in [2.45, 2.75) is 33.1 Å². The third-order valence-electron chi connectivity index (χ3n) is 3.92. The Morgan fingerprint density at radius 2 is 2.00 bits per heavy atom. The molecule has 0 aliphatic carbocycles. The highest BCUT2D eigenvalue weighted by Crippen LogP contribution is 2.20. The molecule has 1 fully saturated rings. The lowest BCUT2D eigenvalue weighted by Gasteiger charge is -2.28. The Morgan fingerprint density at radius 1 is 1.32 bits per heavy atom. The molecule has 1 N–H and O–H groups in total. The SMILES string of the molecule is Cc1ccc(C(=O)[C@@H](C)CN2CCCCC2)cc1O. The second-order valence-corrected chi connectivity index (χ2v) is 5.63. The Kier molecular flexibility index (Phi) is 4.59. The van der Waals surface area contributed by atoms with Gasteiger partial charge in [0.15, 0.2) is 5.78 Å². The average Bonchev–Trinajstić information content (AvgIpc) is 2.42. The zero-order valence-electron chi connectivity index (χ0n) is 11.9. The number of carbonyl (C=O) groups excluding carboxylic acids is 1. The number of benzene rings is 1. The van der Waals surface area contributed by atoms with Crippen LogP contribution in [0.15, 0.2) is 18.2 Å². The summed E-state index contributed by atoms with van der Waals surface area (Å²) < 4.78 is 0. The van der Waals surface area contributed by atoms with Crippen LogP contribution >= 0.6 is 0 Å². The number of aromatic hydroxyl groups is 1. The molecule has 3 nitrogen and oxygen atoms in total. The van der Waals surface area contributed by atoms with E-state index in [9.17, 15) is 9.90 Å². The second kappa shape index (κ2) is 6.20. The molecule has 0 spiro atoms. The first-order valence-electron chi connectivity index (χ1n) is 7.14. The van der Waals surface area contributed by atoms with Crippen molar-refractivity contribution in [2.75, 3.05) is 19.6 Å². The minimum atomic E-state index is -0.0137. The molecule has 19 heavy (non-hydrogen) atoms. The van der Waals surface area contributed by atoms with Crippen LogP contribution in [0.25, 0.3) is 0 Å². The summed E-state index contributed by atoms with van der Waals surface area (Å²) in [5.41, 5.74) is 1.42. The van der Waals surface area contributed by atoms with Crippen LogP contribution < -0.4 is 0 Å². The van der Waals surface area contributed by atoms with Gasteiger partial charge in [-0.1, -0.05) is 25.5 Å². The number of rotatable bonds is 4.